The van der Waals surface area contributed by atoms with E-state index in [4.69, 9.17) is 9.47 Å². The summed E-state index contributed by atoms with van der Waals surface area (Å²) >= 11 is 0. The first-order chi connectivity index (χ1) is 8.09. The van der Waals surface area contributed by atoms with Crippen LogP contribution in [-0.4, -0.2) is 18.0 Å². The average Bonchev–Trinajstić information content (AvgIpc) is 2.28. The largest absolute Gasteiger partial charge is 0.347 e. The lowest BCUT2D eigenvalue weighted by Crippen LogP contribution is -2.44. The highest BCUT2D eigenvalue weighted by Gasteiger charge is 2.35. The normalized spacial score (nSPS) is 34.5. The lowest BCUT2D eigenvalue weighted by Gasteiger charge is -2.41. The monoisotopic (exact) mass is 238 g/mol. The molecule has 0 spiro atoms. The summed E-state index contributed by atoms with van der Waals surface area (Å²) in [5.41, 5.74) is 0. The zero-order chi connectivity index (χ0) is 12.3. The molecule has 0 unspecified atom stereocenters. The predicted octanol–water partition coefficient (Wildman–Crippen LogP) is 4.05. The minimum Gasteiger partial charge on any atom is -0.347 e. The minimum atomic E-state index is -0.448. The zero-order valence-electron chi connectivity index (χ0n) is 11.3. The van der Waals surface area contributed by atoms with Gasteiger partial charge in [-0.05, 0) is 26.2 Å². The number of ether oxygens (including phenoxy) is 2. The molecule has 0 amide bonds. The lowest BCUT2D eigenvalue weighted by atomic mass is 9.84. The van der Waals surface area contributed by atoms with Crippen LogP contribution in [0.1, 0.15) is 58.8 Å². The molecule has 2 nitrogen and oxygen atoms in total. The maximum absolute atomic E-state index is 6.04. The van der Waals surface area contributed by atoms with Crippen molar-refractivity contribution in [2.24, 2.45) is 5.92 Å². The van der Waals surface area contributed by atoms with Gasteiger partial charge in [-0.25, -0.2) is 0 Å². The van der Waals surface area contributed by atoms with E-state index in [0.717, 1.165) is 12.3 Å². The Labute approximate surface area is 105 Å². The number of hydrogen-bond acceptors (Lipinski definition) is 2. The first kappa shape index (κ1) is 13.1. The molecule has 1 saturated heterocycles. The summed E-state index contributed by atoms with van der Waals surface area (Å²) in [5.74, 6) is 0.421. The van der Waals surface area contributed by atoms with E-state index in [1.54, 1.807) is 0 Å². The molecule has 0 aromatic carbocycles. The molecule has 2 heteroatoms. The number of rotatable bonds is 3. The first-order valence-electron chi connectivity index (χ1n) is 7.07. The molecular formula is C15H26O2. The third-order valence-electron chi connectivity index (χ3n) is 3.96. The van der Waals surface area contributed by atoms with Gasteiger partial charge >= 0.3 is 0 Å². The summed E-state index contributed by atoms with van der Waals surface area (Å²) in [6, 6.07) is 0. The van der Waals surface area contributed by atoms with Crippen molar-refractivity contribution >= 4 is 0 Å². The molecule has 2 fully saturated rings. The van der Waals surface area contributed by atoms with E-state index in [-0.39, 0.29) is 6.10 Å². The van der Waals surface area contributed by atoms with Crippen molar-refractivity contribution < 1.29 is 9.47 Å². The standard InChI is InChI=1S/C15H26O2/c1-4-13-11-14(17-15(2,3)16-13)10-12-8-6-5-7-9-12/h4,12-14H,1,5-11H2,2-3H3/t13-,14+/m0/s1. The molecule has 17 heavy (non-hydrogen) atoms. The zero-order valence-corrected chi connectivity index (χ0v) is 11.3. The van der Waals surface area contributed by atoms with Crippen LogP contribution in [0.4, 0.5) is 0 Å². The molecule has 0 bridgehead atoms. The van der Waals surface area contributed by atoms with E-state index in [1.807, 2.05) is 19.9 Å². The van der Waals surface area contributed by atoms with Gasteiger partial charge in [0.15, 0.2) is 5.79 Å². The summed E-state index contributed by atoms with van der Waals surface area (Å²) < 4.78 is 11.8. The smallest absolute Gasteiger partial charge is 0.163 e. The van der Waals surface area contributed by atoms with Gasteiger partial charge in [-0.2, -0.15) is 0 Å². The topological polar surface area (TPSA) is 18.5 Å². The molecule has 1 aliphatic carbocycles. The van der Waals surface area contributed by atoms with E-state index in [0.29, 0.717) is 6.10 Å². The van der Waals surface area contributed by atoms with E-state index >= 15 is 0 Å². The predicted molar refractivity (Wildman–Crippen MR) is 69.8 cm³/mol. The van der Waals surface area contributed by atoms with Crippen LogP contribution < -0.4 is 0 Å². The summed E-state index contributed by atoms with van der Waals surface area (Å²) in [7, 11) is 0. The van der Waals surface area contributed by atoms with Gasteiger partial charge < -0.3 is 9.47 Å². The second-order valence-corrected chi connectivity index (χ2v) is 6.01. The molecule has 0 aromatic rings. The van der Waals surface area contributed by atoms with Gasteiger partial charge in [-0.3, -0.25) is 0 Å². The molecule has 1 saturated carbocycles. The Bertz CT molecular complexity index is 254. The molecule has 0 N–H and O–H groups in total. The van der Waals surface area contributed by atoms with Crippen LogP contribution >= 0.6 is 0 Å². The first-order valence-corrected chi connectivity index (χ1v) is 7.07. The Morgan fingerprint density at radius 1 is 1.18 bits per heavy atom. The molecule has 2 aliphatic rings. The lowest BCUT2D eigenvalue weighted by molar-refractivity contribution is -0.292. The van der Waals surface area contributed by atoms with Gasteiger partial charge in [-0.1, -0.05) is 38.2 Å². The molecule has 1 aliphatic heterocycles. The Morgan fingerprint density at radius 3 is 2.53 bits per heavy atom. The molecule has 1 heterocycles. The van der Waals surface area contributed by atoms with E-state index < -0.39 is 5.79 Å². The van der Waals surface area contributed by atoms with Crippen molar-refractivity contribution in [3.8, 4) is 0 Å². The average molecular weight is 238 g/mol. The van der Waals surface area contributed by atoms with Gasteiger partial charge in [0.1, 0.15) is 0 Å². The molecule has 2 atom stereocenters. The number of hydrogen-bond donors (Lipinski definition) is 0. The van der Waals surface area contributed by atoms with Crippen molar-refractivity contribution in [3.05, 3.63) is 12.7 Å². The summed E-state index contributed by atoms with van der Waals surface area (Å²) in [6.07, 6.45) is 11.6. The van der Waals surface area contributed by atoms with Gasteiger partial charge in [0, 0.05) is 6.42 Å². The van der Waals surface area contributed by atoms with Gasteiger partial charge in [0.05, 0.1) is 12.2 Å². The third kappa shape index (κ3) is 3.82. The summed E-state index contributed by atoms with van der Waals surface area (Å²) in [4.78, 5) is 0. The fourth-order valence-electron chi connectivity index (χ4n) is 3.23. The maximum atomic E-state index is 6.04. The van der Waals surface area contributed by atoms with Crippen molar-refractivity contribution in [3.63, 3.8) is 0 Å². The maximum Gasteiger partial charge on any atom is 0.163 e. The van der Waals surface area contributed by atoms with Crippen LogP contribution in [0.15, 0.2) is 12.7 Å². The van der Waals surface area contributed by atoms with Gasteiger partial charge in [0.25, 0.3) is 0 Å². The van der Waals surface area contributed by atoms with Crippen molar-refractivity contribution in [2.75, 3.05) is 0 Å². The molecule has 0 aromatic heterocycles. The van der Waals surface area contributed by atoms with Gasteiger partial charge in [0.2, 0.25) is 0 Å². The highest BCUT2D eigenvalue weighted by Crippen LogP contribution is 2.34. The quantitative estimate of drug-likeness (QED) is 0.690. The Hall–Kier alpha value is -0.340. The van der Waals surface area contributed by atoms with E-state index in [1.165, 1.54) is 38.5 Å². The highest BCUT2D eigenvalue weighted by molar-refractivity contribution is 4.88. The van der Waals surface area contributed by atoms with Crippen molar-refractivity contribution in [1.82, 2.24) is 0 Å². The van der Waals surface area contributed by atoms with Crippen LogP contribution in [-0.2, 0) is 9.47 Å². The fraction of sp³-hybridized carbons (Fsp3) is 0.867. The van der Waals surface area contributed by atoms with E-state index in [9.17, 15) is 0 Å². The minimum absolute atomic E-state index is 0.160. The fourth-order valence-corrected chi connectivity index (χ4v) is 3.23. The van der Waals surface area contributed by atoms with Crippen LogP contribution in [0.25, 0.3) is 0 Å². The Morgan fingerprint density at radius 2 is 1.88 bits per heavy atom. The summed E-state index contributed by atoms with van der Waals surface area (Å²) in [5, 5.41) is 0. The summed E-state index contributed by atoms with van der Waals surface area (Å²) in [6.45, 7) is 7.87. The second-order valence-electron chi connectivity index (χ2n) is 6.01. The molecule has 0 radical (unpaired) electrons. The highest BCUT2D eigenvalue weighted by atomic mass is 16.7. The van der Waals surface area contributed by atoms with Crippen LogP contribution in [0.2, 0.25) is 0 Å². The third-order valence-corrected chi connectivity index (χ3v) is 3.96. The van der Waals surface area contributed by atoms with Crippen LogP contribution in [0.3, 0.4) is 0 Å². The van der Waals surface area contributed by atoms with E-state index in [2.05, 4.69) is 6.58 Å². The van der Waals surface area contributed by atoms with Crippen molar-refractivity contribution in [2.45, 2.75) is 76.8 Å². The van der Waals surface area contributed by atoms with Crippen LogP contribution in [0, 0.1) is 5.92 Å². The molecule has 98 valence electrons. The Balaban J connectivity index is 1.88. The Kier molecular flexibility index (Phi) is 4.26. The molecule has 2 rings (SSSR count). The molecular weight excluding hydrogens is 212 g/mol. The van der Waals surface area contributed by atoms with Crippen LogP contribution in [0.5, 0.6) is 0 Å². The van der Waals surface area contributed by atoms with Gasteiger partial charge in [-0.15, -0.1) is 6.58 Å². The SMILES string of the molecule is C=C[C@H]1C[C@@H](CC2CCCCC2)OC(C)(C)O1. The second kappa shape index (κ2) is 5.53. The van der Waals surface area contributed by atoms with Crippen molar-refractivity contribution in [1.29, 1.82) is 0 Å².